The molecule has 0 bridgehead atoms. The van der Waals surface area contributed by atoms with E-state index in [1.165, 1.54) is 0 Å². The van der Waals surface area contributed by atoms with Crippen LogP contribution in [0.2, 0.25) is 0 Å². The number of halogens is 1. The Labute approximate surface area is 127 Å². The van der Waals surface area contributed by atoms with E-state index in [2.05, 4.69) is 26.2 Å². The summed E-state index contributed by atoms with van der Waals surface area (Å²) in [5, 5.41) is 12.2. The van der Waals surface area contributed by atoms with Crippen molar-refractivity contribution >= 4 is 39.1 Å². The topological polar surface area (TPSA) is 79.3 Å². The van der Waals surface area contributed by atoms with Gasteiger partial charge in [-0.15, -0.1) is 11.3 Å². The highest BCUT2D eigenvalue weighted by Crippen LogP contribution is 2.18. The molecule has 104 valence electrons. The van der Waals surface area contributed by atoms with Crippen LogP contribution in [0.25, 0.3) is 0 Å². The largest absolute Gasteiger partial charge is 0.477 e. The number of amides is 1. The predicted molar refractivity (Wildman–Crippen MR) is 79.1 cm³/mol. The summed E-state index contributed by atoms with van der Waals surface area (Å²) in [6.07, 6.45) is 0. The van der Waals surface area contributed by atoms with E-state index in [1.54, 1.807) is 25.1 Å². The molecule has 2 aromatic rings. The first-order valence-corrected chi connectivity index (χ1v) is 7.31. The maximum atomic E-state index is 11.9. The van der Waals surface area contributed by atoms with Crippen LogP contribution in [0, 0.1) is 6.92 Å². The van der Waals surface area contributed by atoms with E-state index >= 15 is 0 Å². The van der Waals surface area contributed by atoms with Gasteiger partial charge >= 0.3 is 5.97 Å². The fourth-order valence-corrected chi connectivity index (χ4v) is 2.86. The summed E-state index contributed by atoms with van der Waals surface area (Å²) in [4.78, 5) is 27.2. The number of rotatable bonds is 4. The maximum absolute atomic E-state index is 11.9. The molecule has 0 spiro atoms. The van der Waals surface area contributed by atoms with Crippen LogP contribution >= 0.6 is 27.3 Å². The van der Waals surface area contributed by atoms with Gasteiger partial charge in [0.15, 0.2) is 0 Å². The quantitative estimate of drug-likeness (QED) is 0.884. The highest BCUT2D eigenvalue weighted by Gasteiger charge is 2.14. The van der Waals surface area contributed by atoms with Crippen LogP contribution in [0.5, 0.6) is 0 Å². The Morgan fingerprint density at radius 1 is 1.45 bits per heavy atom. The number of aromatic nitrogens is 1. The third-order valence-corrected chi connectivity index (χ3v) is 4.16. The normalized spacial score (nSPS) is 10.3. The number of hydrogen-bond acceptors (Lipinski definition) is 4. The molecule has 0 saturated carbocycles. The summed E-state index contributed by atoms with van der Waals surface area (Å²) in [5.74, 6) is -1.22. The molecule has 20 heavy (non-hydrogen) atoms. The second-order valence-corrected chi connectivity index (χ2v) is 6.02. The molecule has 0 fully saturated rings. The van der Waals surface area contributed by atoms with Gasteiger partial charge in [-0.05, 0) is 25.1 Å². The van der Waals surface area contributed by atoms with Crippen LogP contribution < -0.4 is 5.32 Å². The monoisotopic (exact) mass is 354 g/mol. The SMILES string of the molecule is Cc1nc(CNC(=O)c2cccc(Br)c2)sc1C(=O)O. The Bertz CT molecular complexity index is 669. The second-order valence-electron chi connectivity index (χ2n) is 4.02. The molecule has 0 radical (unpaired) electrons. The van der Waals surface area contributed by atoms with Gasteiger partial charge < -0.3 is 10.4 Å². The number of nitrogens with one attached hydrogen (secondary N) is 1. The average molecular weight is 355 g/mol. The zero-order valence-electron chi connectivity index (χ0n) is 10.5. The summed E-state index contributed by atoms with van der Waals surface area (Å²) < 4.78 is 0.823. The van der Waals surface area contributed by atoms with Gasteiger partial charge in [0.05, 0.1) is 12.2 Å². The minimum atomic E-state index is -0.996. The van der Waals surface area contributed by atoms with Crippen molar-refractivity contribution in [2.75, 3.05) is 0 Å². The van der Waals surface area contributed by atoms with Crippen molar-refractivity contribution in [1.29, 1.82) is 0 Å². The molecule has 0 unspecified atom stereocenters. The lowest BCUT2D eigenvalue weighted by Crippen LogP contribution is -2.22. The molecule has 0 saturated heterocycles. The first-order valence-electron chi connectivity index (χ1n) is 5.70. The Balaban J connectivity index is 2.04. The van der Waals surface area contributed by atoms with Crippen LogP contribution in [0.3, 0.4) is 0 Å². The van der Waals surface area contributed by atoms with E-state index in [4.69, 9.17) is 5.11 Å². The van der Waals surface area contributed by atoms with E-state index in [-0.39, 0.29) is 17.3 Å². The fraction of sp³-hybridized carbons (Fsp3) is 0.154. The number of carbonyl (C=O) groups is 2. The van der Waals surface area contributed by atoms with Gasteiger partial charge in [-0.25, -0.2) is 9.78 Å². The summed E-state index contributed by atoms with van der Waals surface area (Å²) in [6.45, 7) is 1.85. The second kappa shape index (κ2) is 6.15. The number of thiazole rings is 1. The van der Waals surface area contributed by atoms with Crippen LogP contribution in [0.15, 0.2) is 28.7 Å². The molecule has 5 nitrogen and oxygen atoms in total. The van der Waals surface area contributed by atoms with Gasteiger partial charge in [0.25, 0.3) is 5.91 Å². The summed E-state index contributed by atoms with van der Waals surface area (Å²) >= 11 is 4.37. The Morgan fingerprint density at radius 3 is 2.80 bits per heavy atom. The first-order chi connectivity index (χ1) is 9.47. The minimum absolute atomic E-state index is 0.205. The van der Waals surface area contributed by atoms with Crippen molar-refractivity contribution < 1.29 is 14.7 Å². The maximum Gasteiger partial charge on any atom is 0.347 e. The summed E-state index contributed by atoms with van der Waals surface area (Å²) in [7, 11) is 0. The van der Waals surface area contributed by atoms with Gasteiger partial charge in [-0.2, -0.15) is 0 Å². The van der Waals surface area contributed by atoms with Gasteiger partial charge in [0.1, 0.15) is 9.88 Å². The number of carboxylic acid groups (broad SMARTS) is 1. The molecule has 1 heterocycles. The number of aromatic carboxylic acids is 1. The standard InChI is InChI=1S/C13H11BrN2O3S/c1-7-11(13(18)19)20-10(16-7)6-15-12(17)8-3-2-4-9(14)5-8/h2-5H,6H2,1H3,(H,15,17)(H,18,19). The van der Waals surface area contributed by atoms with E-state index in [1.807, 2.05) is 6.07 Å². The number of aryl methyl sites for hydroxylation is 1. The third kappa shape index (κ3) is 3.43. The predicted octanol–water partition coefficient (Wildman–Crippen LogP) is 2.84. The Kier molecular flexibility index (Phi) is 4.51. The molecule has 2 N–H and O–H groups in total. The molecule has 0 aliphatic rings. The van der Waals surface area contributed by atoms with Gasteiger partial charge in [-0.3, -0.25) is 4.79 Å². The molecule has 1 aromatic carbocycles. The molecular formula is C13H11BrN2O3S. The number of carboxylic acids is 1. The molecule has 7 heteroatoms. The lowest BCUT2D eigenvalue weighted by atomic mass is 10.2. The van der Waals surface area contributed by atoms with Crippen LogP contribution in [0.1, 0.15) is 30.7 Å². The number of benzene rings is 1. The van der Waals surface area contributed by atoms with Crippen molar-refractivity contribution in [3.05, 3.63) is 49.9 Å². The number of hydrogen-bond donors (Lipinski definition) is 2. The molecule has 0 aliphatic heterocycles. The smallest absolute Gasteiger partial charge is 0.347 e. The fourth-order valence-electron chi connectivity index (χ4n) is 1.61. The molecule has 2 rings (SSSR count). The van der Waals surface area contributed by atoms with Crippen LogP contribution in [0.4, 0.5) is 0 Å². The molecule has 0 atom stereocenters. The van der Waals surface area contributed by atoms with Crippen molar-refractivity contribution in [3.63, 3.8) is 0 Å². The third-order valence-electron chi connectivity index (χ3n) is 2.52. The number of nitrogens with zero attached hydrogens (tertiary/aromatic N) is 1. The van der Waals surface area contributed by atoms with Crippen molar-refractivity contribution in [3.8, 4) is 0 Å². The highest BCUT2D eigenvalue weighted by atomic mass is 79.9. The molecule has 1 amide bonds. The Morgan fingerprint density at radius 2 is 2.20 bits per heavy atom. The minimum Gasteiger partial charge on any atom is -0.477 e. The Hall–Kier alpha value is -1.73. The zero-order chi connectivity index (χ0) is 14.7. The summed E-state index contributed by atoms with van der Waals surface area (Å²) in [5.41, 5.74) is 1.00. The van der Waals surface area contributed by atoms with Crippen LogP contribution in [-0.2, 0) is 6.54 Å². The average Bonchev–Trinajstić information content (AvgIpc) is 2.77. The lowest BCUT2D eigenvalue weighted by Gasteiger charge is -2.03. The number of carbonyl (C=O) groups excluding carboxylic acids is 1. The van der Waals surface area contributed by atoms with Crippen LogP contribution in [-0.4, -0.2) is 22.0 Å². The molecule has 1 aromatic heterocycles. The first kappa shape index (κ1) is 14.7. The summed E-state index contributed by atoms with van der Waals surface area (Å²) in [6, 6.07) is 7.02. The lowest BCUT2D eigenvalue weighted by molar-refractivity contribution is 0.0701. The molecule has 0 aliphatic carbocycles. The zero-order valence-corrected chi connectivity index (χ0v) is 12.9. The van der Waals surface area contributed by atoms with Crippen molar-refractivity contribution in [2.45, 2.75) is 13.5 Å². The van der Waals surface area contributed by atoms with Gasteiger partial charge in [0, 0.05) is 10.0 Å². The van der Waals surface area contributed by atoms with E-state index in [0.29, 0.717) is 16.3 Å². The van der Waals surface area contributed by atoms with Gasteiger partial charge in [0.2, 0.25) is 0 Å². The van der Waals surface area contributed by atoms with Crippen molar-refractivity contribution in [2.24, 2.45) is 0 Å². The van der Waals surface area contributed by atoms with Crippen molar-refractivity contribution in [1.82, 2.24) is 10.3 Å². The van der Waals surface area contributed by atoms with E-state index in [0.717, 1.165) is 15.8 Å². The van der Waals surface area contributed by atoms with E-state index in [9.17, 15) is 9.59 Å². The van der Waals surface area contributed by atoms with Gasteiger partial charge in [-0.1, -0.05) is 22.0 Å². The van der Waals surface area contributed by atoms with E-state index < -0.39 is 5.97 Å². The highest BCUT2D eigenvalue weighted by molar-refractivity contribution is 9.10. The molecular weight excluding hydrogens is 344 g/mol.